The molecule has 1 heterocycles. The number of nitriles is 2. The Balaban J connectivity index is 2.58. The Morgan fingerprint density at radius 2 is 1.62 bits per heavy atom. The fourth-order valence-corrected chi connectivity index (χ4v) is 2.25. The summed E-state index contributed by atoms with van der Waals surface area (Å²) in [5.74, 6) is 1.65. The second kappa shape index (κ2) is 6.82. The second-order valence-electron chi connectivity index (χ2n) is 4.44. The van der Waals surface area contributed by atoms with E-state index in [1.54, 1.807) is 17.0 Å². The van der Waals surface area contributed by atoms with Crippen molar-refractivity contribution in [1.29, 1.82) is 15.9 Å². The number of aromatic nitrogens is 1. The molecular formula is C17H13N4+. The van der Waals surface area contributed by atoms with Gasteiger partial charge in [0.15, 0.2) is 12.4 Å². The van der Waals surface area contributed by atoms with Crippen LogP contribution in [0, 0.1) is 28.1 Å². The van der Waals surface area contributed by atoms with Gasteiger partial charge < -0.3 is 0 Å². The predicted octanol–water partition coefficient (Wildman–Crippen LogP) is 2.52. The van der Waals surface area contributed by atoms with Crippen LogP contribution in [0.15, 0.2) is 66.5 Å². The molecule has 2 rings (SSSR count). The molecule has 21 heavy (non-hydrogen) atoms. The van der Waals surface area contributed by atoms with Gasteiger partial charge in [0, 0.05) is 12.1 Å². The van der Waals surface area contributed by atoms with E-state index in [9.17, 15) is 10.5 Å². The maximum atomic E-state index is 9.57. The van der Waals surface area contributed by atoms with Gasteiger partial charge in [0.1, 0.15) is 23.6 Å². The van der Waals surface area contributed by atoms with E-state index < -0.39 is 12.0 Å². The lowest BCUT2D eigenvalue weighted by atomic mass is 9.86. The second-order valence-corrected chi connectivity index (χ2v) is 4.44. The summed E-state index contributed by atoms with van der Waals surface area (Å²) in [6.45, 7) is 0. The number of hydrogen-bond donors (Lipinski definition) is 1. The molecule has 0 fully saturated rings. The first-order valence-corrected chi connectivity index (χ1v) is 6.42. The fraction of sp³-hybridized carbons (Fsp3) is 0.118. The van der Waals surface area contributed by atoms with E-state index in [0.29, 0.717) is 0 Å². The summed E-state index contributed by atoms with van der Waals surface area (Å²) < 4.78 is 1.74. The summed E-state index contributed by atoms with van der Waals surface area (Å²) in [5, 5.41) is 26.2. The molecule has 0 aliphatic heterocycles. The molecular weight excluding hydrogens is 260 g/mol. The minimum absolute atomic E-state index is 0.143. The van der Waals surface area contributed by atoms with Crippen LogP contribution in [0.2, 0.25) is 0 Å². The van der Waals surface area contributed by atoms with Gasteiger partial charge in [0.25, 0.3) is 6.04 Å². The standard InChI is InChI=1S/C17H13N4/c18-11-15(12-19)17(14-7-3-1-4-8-14)16(13-20)21-9-5-2-6-10-21/h1-10,16-18H/q+1. The zero-order chi connectivity index (χ0) is 15.1. The Morgan fingerprint density at radius 3 is 2.14 bits per heavy atom. The third kappa shape index (κ3) is 3.04. The number of benzene rings is 1. The van der Waals surface area contributed by atoms with Crippen molar-refractivity contribution in [2.45, 2.75) is 12.0 Å². The SMILES string of the molecule is N#CC(=C=N)C(c1ccccc1)C(C#N)[n+]1ccccc1. The molecule has 1 aromatic heterocycles. The first-order chi connectivity index (χ1) is 10.3. The van der Waals surface area contributed by atoms with Gasteiger partial charge in [-0.2, -0.15) is 15.1 Å². The molecule has 0 saturated heterocycles. The van der Waals surface area contributed by atoms with E-state index in [0.717, 1.165) is 5.56 Å². The molecule has 0 aliphatic rings. The molecule has 0 radical (unpaired) electrons. The third-order valence-electron chi connectivity index (χ3n) is 3.23. The predicted molar refractivity (Wildman–Crippen MR) is 77.3 cm³/mol. The Bertz CT molecular complexity index is 732. The molecule has 4 nitrogen and oxygen atoms in total. The van der Waals surface area contributed by atoms with Gasteiger partial charge in [-0.25, -0.2) is 0 Å². The van der Waals surface area contributed by atoms with Crippen LogP contribution in [-0.2, 0) is 0 Å². The molecule has 100 valence electrons. The average molecular weight is 273 g/mol. The third-order valence-corrected chi connectivity index (χ3v) is 3.23. The monoisotopic (exact) mass is 273 g/mol. The number of allylic oxidation sites excluding steroid dienone is 1. The summed E-state index contributed by atoms with van der Waals surface area (Å²) in [7, 11) is 0. The molecule has 1 aromatic carbocycles. The Kier molecular flexibility index (Phi) is 4.62. The maximum absolute atomic E-state index is 9.57. The highest BCUT2D eigenvalue weighted by molar-refractivity contribution is 5.64. The molecule has 0 saturated carbocycles. The van der Waals surface area contributed by atoms with Crippen LogP contribution in [0.5, 0.6) is 0 Å². The van der Waals surface area contributed by atoms with Crippen LogP contribution in [0.4, 0.5) is 0 Å². The summed E-state index contributed by atoms with van der Waals surface area (Å²) in [6.07, 6.45) is 3.56. The van der Waals surface area contributed by atoms with Crippen LogP contribution < -0.4 is 4.57 Å². The van der Waals surface area contributed by atoms with Crippen LogP contribution in [-0.4, -0.2) is 5.87 Å². The quantitative estimate of drug-likeness (QED) is 0.528. The number of nitrogens with one attached hydrogen (secondary N) is 1. The molecule has 0 spiro atoms. The number of nitrogens with zero attached hydrogens (tertiary/aromatic N) is 3. The fourth-order valence-electron chi connectivity index (χ4n) is 2.25. The molecule has 0 bridgehead atoms. The minimum atomic E-state index is -0.610. The van der Waals surface area contributed by atoms with E-state index >= 15 is 0 Å². The zero-order valence-electron chi connectivity index (χ0n) is 11.3. The normalized spacial score (nSPS) is 12.3. The van der Waals surface area contributed by atoms with E-state index in [2.05, 4.69) is 11.9 Å². The van der Waals surface area contributed by atoms with Crippen LogP contribution >= 0.6 is 0 Å². The maximum Gasteiger partial charge on any atom is 0.255 e. The van der Waals surface area contributed by atoms with E-state index in [4.69, 9.17) is 5.41 Å². The highest BCUT2D eigenvalue weighted by Crippen LogP contribution is 2.30. The number of pyridine rings is 1. The summed E-state index contributed by atoms with van der Waals surface area (Å²) in [4.78, 5) is 0. The first-order valence-electron chi connectivity index (χ1n) is 6.42. The van der Waals surface area contributed by atoms with Crippen LogP contribution in [0.25, 0.3) is 0 Å². The van der Waals surface area contributed by atoms with Crippen molar-refractivity contribution in [2.75, 3.05) is 0 Å². The van der Waals surface area contributed by atoms with Gasteiger partial charge in [-0.3, -0.25) is 5.41 Å². The number of rotatable bonds is 4. The van der Waals surface area contributed by atoms with Crippen LogP contribution in [0.3, 0.4) is 0 Å². The zero-order valence-corrected chi connectivity index (χ0v) is 11.3. The lowest BCUT2D eigenvalue weighted by Gasteiger charge is -2.16. The molecule has 4 heteroatoms. The van der Waals surface area contributed by atoms with Crippen molar-refractivity contribution in [3.8, 4) is 12.1 Å². The van der Waals surface area contributed by atoms with Crippen molar-refractivity contribution >= 4 is 5.87 Å². The Morgan fingerprint density at radius 1 is 1.00 bits per heavy atom. The topological polar surface area (TPSA) is 75.3 Å². The molecule has 1 N–H and O–H groups in total. The lowest BCUT2D eigenvalue weighted by Crippen LogP contribution is -2.41. The smallest absolute Gasteiger partial charge is 0.255 e. The first kappa shape index (κ1) is 14.2. The molecule has 0 aliphatic carbocycles. The van der Waals surface area contributed by atoms with Crippen molar-refractivity contribution in [3.63, 3.8) is 0 Å². The van der Waals surface area contributed by atoms with Crippen LogP contribution in [0.1, 0.15) is 17.5 Å². The van der Waals surface area contributed by atoms with Gasteiger partial charge in [0.2, 0.25) is 0 Å². The van der Waals surface area contributed by atoms with Gasteiger partial charge >= 0.3 is 0 Å². The van der Waals surface area contributed by atoms with Crippen molar-refractivity contribution in [3.05, 3.63) is 72.1 Å². The van der Waals surface area contributed by atoms with Gasteiger partial charge in [-0.1, -0.05) is 36.4 Å². The van der Waals surface area contributed by atoms with Crippen molar-refractivity contribution in [2.24, 2.45) is 0 Å². The average Bonchev–Trinajstić information content (AvgIpc) is 2.57. The van der Waals surface area contributed by atoms with E-state index in [1.165, 1.54) is 0 Å². The number of hydrogen-bond acceptors (Lipinski definition) is 3. The van der Waals surface area contributed by atoms with E-state index in [-0.39, 0.29) is 5.57 Å². The summed E-state index contributed by atoms with van der Waals surface area (Å²) in [5.41, 5.74) is 0.959. The largest absolute Gasteiger partial charge is 0.258 e. The van der Waals surface area contributed by atoms with E-state index in [1.807, 2.05) is 54.6 Å². The molecule has 2 aromatic rings. The molecule has 2 unspecified atom stereocenters. The Labute approximate surface area is 123 Å². The molecule has 0 amide bonds. The van der Waals surface area contributed by atoms with Gasteiger partial charge in [-0.15, -0.1) is 0 Å². The molecule has 2 atom stereocenters. The van der Waals surface area contributed by atoms with Gasteiger partial charge in [-0.05, 0) is 11.4 Å². The summed E-state index contributed by atoms with van der Waals surface area (Å²) in [6, 6.07) is 18.4. The highest BCUT2D eigenvalue weighted by Gasteiger charge is 2.34. The Hall–Kier alpha value is -3.20. The lowest BCUT2D eigenvalue weighted by molar-refractivity contribution is -0.712. The van der Waals surface area contributed by atoms with Crippen molar-refractivity contribution in [1.82, 2.24) is 0 Å². The van der Waals surface area contributed by atoms with Gasteiger partial charge in [0.05, 0.1) is 0 Å². The highest BCUT2D eigenvalue weighted by atomic mass is 15.0. The van der Waals surface area contributed by atoms with Crippen molar-refractivity contribution < 1.29 is 4.57 Å². The minimum Gasteiger partial charge on any atom is -0.258 e. The summed E-state index contributed by atoms with van der Waals surface area (Å²) >= 11 is 0.